The molecule has 1 saturated heterocycles. The van der Waals surface area contributed by atoms with E-state index in [2.05, 4.69) is 40.0 Å². The lowest BCUT2D eigenvalue weighted by atomic mass is 10.1. The van der Waals surface area contributed by atoms with Gasteiger partial charge in [0.15, 0.2) is 11.5 Å². The molecule has 0 aliphatic carbocycles. The molecule has 10 nitrogen and oxygen atoms in total. The van der Waals surface area contributed by atoms with E-state index in [0.717, 1.165) is 71.7 Å². The quantitative estimate of drug-likeness (QED) is 0.387. The van der Waals surface area contributed by atoms with E-state index < -0.39 is 0 Å². The molecule has 0 bridgehead atoms. The first-order valence-corrected chi connectivity index (χ1v) is 11.8. The summed E-state index contributed by atoms with van der Waals surface area (Å²) in [7, 11) is 0. The number of aromatic nitrogens is 6. The molecule has 0 radical (unpaired) electrons. The van der Waals surface area contributed by atoms with Gasteiger partial charge in [-0.1, -0.05) is 12.1 Å². The Hall–Kier alpha value is -3.76. The molecule has 0 amide bonds. The maximum absolute atomic E-state index is 9.56. The fourth-order valence-corrected chi connectivity index (χ4v) is 4.66. The number of hydrogen-bond donors (Lipinski definition) is 2. The van der Waals surface area contributed by atoms with Gasteiger partial charge in [0.25, 0.3) is 5.78 Å². The maximum atomic E-state index is 9.56. The van der Waals surface area contributed by atoms with Crippen LogP contribution >= 0.6 is 0 Å². The van der Waals surface area contributed by atoms with Crippen molar-refractivity contribution in [3.63, 3.8) is 0 Å². The Balaban J connectivity index is 1.36. The summed E-state index contributed by atoms with van der Waals surface area (Å²) in [6, 6.07) is 9.13. The molecule has 6 rings (SSSR count). The van der Waals surface area contributed by atoms with Crippen LogP contribution in [-0.2, 0) is 11.2 Å². The highest BCUT2D eigenvalue weighted by Crippen LogP contribution is 2.34. The number of ether oxygens (including phenoxy) is 2. The molecule has 2 aromatic carbocycles. The second kappa shape index (κ2) is 8.79. The summed E-state index contributed by atoms with van der Waals surface area (Å²) >= 11 is 0. The van der Waals surface area contributed by atoms with E-state index in [0.29, 0.717) is 30.3 Å². The number of fused-ring (bicyclic) bond motifs is 4. The normalized spacial score (nSPS) is 14.9. The van der Waals surface area contributed by atoms with E-state index in [1.165, 1.54) is 0 Å². The van der Waals surface area contributed by atoms with E-state index >= 15 is 0 Å². The van der Waals surface area contributed by atoms with Crippen molar-refractivity contribution in [2.75, 3.05) is 39.5 Å². The Bertz CT molecular complexity index is 1520. The fraction of sp³-hybridized carbons (Fsp3) is 0.360. The minimum absolute atomic E-state index is 0.231. The molecule has 0 spiro atoms. The number of aryl methyl sites for hydroxylation is 2. The molecule has 0 saturated carbocycles. The van der Waals surface area contributed by atoms with Crippen LogP contribution in [0.2, 0.25) is 0 Å². The van der Waals surface area contributed by atoms with E-state index in [9.17, 15) is 5.11 Å². The average molecular weight is 474 g/mol. The summed E-state index contributed by atoms with van der Waals surface area (Å²) in [5.41, 5.74) is 5.54. The highest BCUT2D eigenvalue weighted by molar-refractivity contribution is 6.07. The second-order valence-corrected chi connectivity index (χ2v) is 8.97. The minimum atomic E-state index is 0.231. The Morgan fingerprint density at radius 1 is 1.11 bits per heavy atom. The number of phenols is 1. The number of rotatable bonds is 6. The number of phenolic OH excluding ortho intramolecular Hbond substituents is 1. The zero-order valence-electron chi connectivity index (χ0n) is 19.8. The summed E-state index contributed by atoms with van der Waals surface area (Å²) in [6.07, 6.45) is 0.526. The third-order valence-electron chi connectivity index (χ3n) is 6.61. The van der Waals surface area contributed by atoms with Gasteiger partial charge < -0.3 is 19.6 Å². The molecule has 180 valence electrons. The molecule has 1 aliphatic heterocycles. The zero-order chi connectivity index (χ0) is 23.9. The smallest absolute Gasteiger partial charge is 0.273 e. The largest absolute Gasteiger partial charge is 0.508 e. The Morgan fingerprint density at radius 2 is 1.91 bits per heavy atom. The molecular weight excluding hydrogens is 446 g/mol. The van der Waals surface area contributed by atoms with Gasteiger partial charge in [-0.3, -0.25) is 4.90 Å². The fourth-order valence-electron chi connectivity index (χ4n) is 4.66. The highest BCUT2D eigenvalue weighted by atomic mass is 16.5. The minimum Gasteiger partial charge on any atom is -0.508 e. The molecular formula is C25H27N7O3. The predicted molar refractivity (Wildman–Crippen MR) is 131 cm³/mol. The van der Waals surface area contributed by atoms with Crippen molar-refractivity contribution in [2.45, 2.75) is 20.3 Å². The lowest BCUT2D eigenvalue weighted by Gasteiger charge is -2.26. The van der Waals surface area contributed by atoms with Gasteiger partial charge in [0.05, 0.1) is 18.7 Å². The van der Waals surface area contributed by atoms with Crippen molar-refractivity contribution in [2.24, 2.45) is 0 Å². The molecule has 1 aliphatic rings. The monoisotopic (exact) mass is 473 g/mol. The highest BCUT2D eigenvalue weighted by Gasteiger charge is 2.19. The third kappa shape index (κ3) is 4.04. The van der Waals surface area contributed by atoms with Gasteiger partial charge in [-0.05, 0) is 43.2 Å². The van der Waals surface area contributed by atoms with Gasteiger partial charge in [-0.2, -0.15) is 14.6 Å². The van der Waals surface area contributed by atoms with Crippen molar-refractivity contribution < 1.29 is 14.6 Å². The van der Waals surface area contributed by atoms with Crippen molar-refractivity contribution in [3.8, 4) is 11.5 Å². The number of morpholine rings is 1. The number of benzene rings is 2. The van der Waals surface area contributed by atoms with Gasteiger partial charge in [-0.25, -0.2) is 0 Å². The van der Waals surface area contributed by atoms with Crippen LogP contribution in [0.15, 0.2) is 30.3 Å². The number of hydrogen-bond acceptors (Lipinski definition) is 8. The summed E-state index contributed by atoms with van der Waals surface area (Å²) in [6.45, 7) is 9.07. The van der Waals surface area contributed by atoms with Gasteiger partial charge in [0.2, 0.25) is 0 Å². The van der Waals surface area contributed by atoms with Crippen molar-refractivity contribution in [3.05, 3.63) is 52.8 Å². The number of aromatic hydroxyl groups is 1. The predicted octanol–water partition coefficient (Wildman–Crippen LogP) is 2.78. The first kappa shape index (κ1) is 21.8. The standard InChI is InChI=1S/C25H27N7O3/c1-15-13-19(35-12-9-31-7-10-34-11-8-31)16(2)21-22(15)26-24-23(21)30-32-20(28-29-25(32)27-24)14-17-3-5-18(33)6-4-17/h3-6,13,33H,7-12,14H2,1-2H3,(H,26,27,29). The lowest BCUT2D eigenvalue weighted by Crippen LogP contribution is -2.38. The molecule has 2 N–H and O–H groups in total. The molecule has 3 aromatic heterocycles. The van der Waals surface area contributed by atoms with Gasteiger partial charge in [-0.15, -0.1) is 10.2 Å². The number of nitrogens with one attached hydrogen (secondary N) is 1. The van der Waals surface area contributed by atoms with Crippen molar-refractivity contribution in [1.82, 2.24) is 34.7 Å². The van der Waals surface area contributed by atoms with Crippen molar-refractivity contribution in [1.29, 1.82) is 0 Å². The van der Waals surface area contributed by atoms with Crippen LogP contribution in [0.1, 0.15) is 22.5 Å². The molecule has 35 heavy (non-hydrogen) atoms. The summed E-state index contributed by atoms with van der Waals surface area (Å²) < 4.78 is 13.4. The van der Waals surface area contributed by atoms with Crippen molar-refractivity contribution >= 4 is 27.8 Å². The Morgan fingerprint density at radius 3 is 2.71 bits per heavy atom. The summed E-state index contributed by atoms with van der Waals surface area (Å²) in [4.78, 5) is 10.5. The van der Waals surface area contributed by atoms with Gasteiger partial charge in [0.1, 0.15) is 23.6 Å². The van der Waals surface area contributed by atoms with E-state index in [4.69, 9.17) is 19.6 Å². The van der Waals surface area contributed by atoms with E-state index in [1.807, 2.05) is 12.1 Å². The second-order valence-electron chi connectivity index (χ2n) is 8.97. The summed E-state index contributed by atoms with van der Waals surface area (Å²) in [5, 5.41) is 24.0. The van der Waals surface area contributed by atoms with Crippen LogP contribution in [0.4, 0.5) is 0 Å². The Labute approximate surface area is 201 Å². The van der Waals surface area contributed by atoms with Crippen LogP contribution in [0.3, 0.4) is 0 Å². The number of nitrogens with zero attached hydrogens (tertiary/aromatic N) is 6. The first-order chi connectivity index (χ1) is 17.1. The van der Waals surface area contributed by atoms with Crippen LogP contribution in [0.5, 0.6) is 11.5 Å². The Kier molecular flexibility index (Phi) is 5.46. The van der Waals surface area contributed by atoms with Gasteiger partial charge >= 0.3 is 0 Å². The van der Waals surface area contributed by atoms with E-state index in [-0.39, 0.29) is 5.75 Å². The first-order valence-electron chi connectivity index (χ1n) is 11.8. The average Bonchev–Trinajstić information content (AvgIpc) is 3.44. The van der Waals surface area contributed by atoms with Crippen LogP contribution in [0.25, 0.3) is 27.8 Å². The third-order valence-corrected chi connectivity index (χ3v) is 6.61. The molecule has 10 heteroatoms. The van der Waals surface area contributed by atoms with Crippen LogP contribution < -0.4 is 4.74 Å². The maximum Gasteiger partial charge on any atom is 0.273 e. The molecule has 0 atom stereocenters. The van der Waals surface area contributed by atoms with Crippen LogP contribution in [0, 0.1) is 13.8 Å². The van der Waals surface area contributed by atoms with Crippen LogP contribution in [-0.4, -0.2) is 79.2 Å². The van der Waals surface area contributed by atoms with E-state index in [1.54, 1.807) is 16.6 Å². The molecule has 4 heterocycles. The lowest BCUT2D eigenvalue weighted by molar-refractivity contribution is 0.0322. The number of H-pyrrole nitrogens is 1. The number of aromatic amines is 1. The topological polar surface area (TPSA) is 114 Å². The molecule has 1 fully saturated rings. The molecule has 0 unspecified atom stereocenters. The zero-order valence-corrected chi connectivity index (χ0v) is 19.8. The summed E-state index contributed by atoms with van der Waals surface area (Å²) in [5.74, 6) is 2.21. The SMILES string of the molecule is Cc1cc(OCCN2CCOCC2)c(C)c2c1[nH]c1nc3nnc(Cc4ccc(O)cc4)n3nc12. The molecule has 5 aromatic rings. The van der Waals surface area contributed by atoms with Gasteiger partial charge in [0, 0.05) is 37.0 Å².